The second-order valence-corrected chi connectivity index (χ2v) is 9.09. The first-order valence-electron chi connectivity index (χ1n) is 8.53. The zero-order valence-corrected chi connectivity index (χ0v) is 15.3. The monoisotopic (exact) mass is 336 g/mol. The van der Waals surface area contributed by atoms with Gasteiger partial charge < -0.3 is 15.8 Å². The number of nitrogens with one attached hydrogen (secondary N) is 1. The van der Waals surface area contributed by atoms with Gasteiger partial charge in [-0.2, -0.15) is 0 Å². The number of hydrogen-bond donors (Lipinski definition) is 2. The highest BCUT2D eigenvalue weighted by molar-refractivity contribution is 7.11. The van der Waals surface area contributed by atoms with Crippen molar-refractivity contribution < 1.29 is 9.53 Å². The second kappa shape index (κ2) is 5.87. The molecule has 23 heavy (non-hydrogen) atoms. The van der Waals surface area contributed by atoms with Crippen LogP contribution in [0.25, 0.3) is 0 Å². The van der Waals surface area contributed by atoms with Crippen LogP contribution in [0.1, 0.15) is 43.4 Å². The number of ether oxygens (including phenoxy) is 1. The van der Waals surface area contributed by atoms with Gasteiger partial charge in [0.15, 0.2) is 0 Å². The predicted octanol–water partition coefficient (Wildman–Crippen LogP) is 2.64. The third-order valence-electron chi connectivity index (χ3n) is 5.74. The fourth-order valence-electron chi connectivity index (χ4n) is 4.33. The number of fused-ring (bicyclic) bond motifs is 1. The van der Waals surface area contributed by atoms with Crippen LogP contribution in [0.5, 0.6) is 0 Å². The average molecular weight is 337 g/mol. The van der Waals surface area contributed by atoms with Gasteiger partial charge in [0.1, 0.15) is 5.54 Å². The molecule has 2 fully saturated rings. The topological polar surface area (TPSA) is 64.4 Å². The number of hydrogen-bond acceptors (Lipinski definition) is 4. The first-order valence-corrected chi connectivity index (χ1v) is 9.35. The van der Waals surface area contributed by atoms with E-state index in [4.69, 9.17) is 10.5 Å². The SMILES string of the molecule is Cc1ccc(CC(C)NC(=O)C2(N)C3CCCOC3C2(C)C)s1. The molecule has 1 aromatic heterocycles. The molecule has 0 radical (unpaired) electrons. The van der Waals surface area contributed by atoms with Crippen LogP contribution in [-0.4, -0.2) is 30.2 Å². The maximum absolute atomic E-state index is 12.9. The smallest absolute Gasteiger partial charge is 0.241 e. The molecular weight excluding hydrogens is 308 g/mol. The Morgan fingerprint density at radius 3 is 2.91 bits per heavy atom. The molecule has 3 rings (SSSR count). The normalized spacial score (nSPS) is 33.4. The highest BCUT2D eigenvalue weighted by atomic mass is 32.1. The van der Waals surface area contributed by atoms with Crippen molar-refractivity contribution in [2.45, 2.75) is 64.6 Å². The maximum Gasteiger partial charge on any atom is 0.241 e. The fourth-order valence-corrected chi connectivity index (χ4v) is 5.35. The Morgan fingerprint density at radius 2 is 2.26 bits per heavy atom. The quantitative estimate of drug-likeness (QED) is 0.888. The van der Waals surface area contributed by atoms with Gasteiger partial charge in [-0.3, -0.25) is 4.79 Å². The van der Waals surface area contributed by atoms with E-state index in [0.29, 0.717) is 0 Å². The largest absolute Gasteiger partial charge is 0.377 e. The number of aryl methyl sites for hydroxylation is 1. The van der Waals surface area contributed by atoms with Crippen LogP contribution in [-0.2, 0) is 16.0 Å². The Morgan fingerprint density at radius 1 is 1.52 bits per heavy atom. The molecule has 0 aromatic carbocycles. The summed E-state index contributed by atoms with van der Waals surface area (Å²) in [4.78, 5) is 15.5. The minimum atomic E-state index is -0.822. The fraction of sp³-hybridized carbons (Fsp3) is 0.722. The molecule has 1 saturated heterocycles. The van der Waals surface area contributed by atoms with E-state index in [1.807, 2.05) is 0 Å². The van der Waals surface area contributed by atoms with Crippen LogP contribution in [0.3, 0.4) is 0 Å². The second-order valence-electron chi connectivity index (χ2n) is 7.72. The standard InChI is InChI=1S/C18H28N2O2S/c1-11(10-13-8-7-12(2)23-13)20-16(21)18(19)14-6-5-9-22-15(14)17(18,3)4/h7-8,11,14-15H,5-6,9-10,19H2,1-4H3,(H,20,21). The number of carbonyl (C=O) groups excluding carboxylic acids is 1. The van der Waals surface area contributed by atoms with Crippen molar-refractivity contribution >= 4 is 17.2 Å². The van der Waals surface area contributed by atoms with Crippen molar-refractivity contribution in [1.29, 1.82) is 0 Å². The molecular formula is C18H28N2O2S. The molecule has 1 amide bonds. The van der Waals surface area contributed by atoms with Gasteiger partial charge in [-0.05, 0) is 38.8 Å². The van der Waals surface area contributed by atoms with E-state index < -0.39 is 5.54 Å². The molecule has 1 aliphatic carbocycles. The highest BCUT2D eigenvalue weighted by Crippen LogP contribution is 2.57. The van der Waals surface area contributed by atoms with Crippen LogP contribution >= 0.6 is 11.3 Å². The van der Waals surface area contributed by atoms with Crippen LogP contribution in [0.4, 0.5) is 0 Å². The van der Waals surface area contributed by atoms with Gasteiger partial charge >= 0.3 is 0 Å². The Kier molecular flexibility index (Phi) is 4.32. The summed E-state index contributed by atoms with van der Waals surface area (Å²) in [5, 5.41) is 3.16. The predicted molar refractivity (Wildman–Crippen MR) is 93.5 cm³/mol. The molecule has 2 aliphatic rings. The molecule has 4 atom stereocenters. The van der Waals surface area contributed by atoms with Crippen molar-refractivity contribution in [3.63, 3.8) is 0 Å². The molecule has 1 aliphatic heterocycles. The summed E-state index contributed by atoms with van der Waals surface area (Å²) >= 11 is 1.79. The van der Waals surface area contributed by atoms with E-state index >= 15 is 0 Å². The molecule has 0 spiro atoms. The zero-order valence-electron chi connectivity index (χ0n) is 14.5. The molecule has 4 unspecified atom stereocenters. The molecule has 0 bridgehead atoms. The number of carbonyl (C=O) groups is 1. The Balaban J connectivity index is 1.67. The average Bonchev–Trinajstić information content (AvgIpc) is 2.91. The Bertz CT molecular complexity index is 598. The van der Waals surface area contributed by atoms with Crippen molar-refractivity contribution in [2.24, 2.45) is 17.1 Å². The van der Waals surface area contributed by atoms with Gasteiger partial charge in [0.2, 0.25) is 5.91 Å². The number of amides is 1. The molecule has 1 saturated carbocycles. The van der Waals surface area contributed by atoms with Gasteiger partial charge in [0.05, 0.1) is 6.10 Å². The van der Waals surface area contributed by atoms with Gasteiger partial charge in [-0.25, -0.2) is 0 Å². The van der Waals surface area contributed by atoms with Gasteiger partial charge in [0, 0.05) is 40.2 Å². The number of rotatable bonds is 4. The molecule has 4 nitrogen and oxygen atoms in total. The molecule has 5 heteroatoms. The summed E-state index contributed by atoms with van der Waals surface area (Å²) in [6, 6.07) is 4.34. The van der Waals surface area contributed by atoms with Gasteiger partial charge in [0.25, 0.3) is 0 Å². The lowest BCUT2D eigenvalue weighted by Gasteiger charge is -2.65. The molecule has 128 valence electrons. The first-order chi connectivity index (χ1) is 10.8. The zero-order chi connectivity index (χ0) is 16.8. The van der Waals surface area contributed by atoms with Crippen LogP contribution in [0, 0.1) is 18.3 Å². The molecule has 3 N–H and O–H groups in total. The van der Waals surface area contributed by atoms with Crippen molar-refractivity contribution in [1.82, 2.24) is 5.32 Å². The lowest BCUT2D eigenvalue weighted by molar-refractivity contribution is -0.225. The first kappa shape index (κ1) is 16.9. The van der Waals surface area contributed by atoms with Crippen molar-refractivity contribution in [3.8, 4) is 0 Å². The Hall–Kier alpha value is -0.910. The van der Waals surface area contributed by atoms with Gasteiger partial charge in [-0.1, -0.05) is 13.8 Å². The van der Waals surface area contributed by atoms with Gasteiger partial charge in [-0.15, -0.1) is 11.3 Å². The summed E-state index contributed by atoms with van der Waals surface area (Å²) in [7, 11) is 0. The number of thiophene rings is 1. The minimum absolute atomic E-state index is 0.0185. The van der Waals surface area contributed by atoms with Crippen LogP contribution in [0.2, 0.25) is 0 Å². The van der Waals surface area contributed by atoms with Crippen LogP contribution in [0.15, 0.2) is 12.1 Å². The maximum atomic E-state index is 12.9. The van der Waals surface area contributed by atoms with E-state index in [1.54, 1.807) is 11.3 Å². The van der Waals surface area contributed by atoms with E-state index in [0.717, 1.165) is 25.9 Å². The van der Waals surface area contributed by atoms with E-state index in [-0.39, 0.29) is 29.4 Å². The van der Waals surface area contributed by atoms with E-state index in [9.17, 15) is 4.79 Å². The molecule has 1 aromatic rings. The summed E-state index contributed by atoms with van der Waals surface area (Å²) in [6.45, 7) is 9.07. The lowest BCUT2D eigenvalue weighted by Crippen LogP contribution is -2.82. The third-order valence-corrected chi connectivity index (χ3v) is 6.76. The summed E-state index contributed by atoms with van der Waals surface area (Å²) < 4.78 is 5.88. The summed E-state index contributed by atoms with van der Waals surface area (Å²) in [5.41, 5.74) is 5.50. The van der Waals surface area contributed by atoms with Crippen LogP contribution < -0.4 is 11.1 Å². The number of nitrogens with two attached hydrogens (primary N) is 1. The lowest BCUT2D eigenvalue weighted by atomic mass is 9.46. The van der Waals surface area contributed by atoms with Crippen molar-refractivity contribution in [3.05, 3.63) is 21.9 Å². The molecule has 2 heterocycles. The summed E-state index contributed by atoms with van der Waals surface area (Å²) in [5.74, 6) is 0.123. The highest BCUT2D eigenvalue weighted by Gasteiger charge is 2.70. The Labute approximate surface area is 142 Å². The van der Waals surface area contributed by atoms with E-state index in [1.165, 1.54) is 9.75 Å². The third kappa shape index (κ3) is 2.63. The van der Waals surface area contributed by atoms with E-state index in [2.05, 4.69) is 45.1 Å². The summed E-state index contributed by atoms with van der Waals surface area (Å²) in [6.07, 6.45) is 2.94. The van der Waals surface area contributed by atoms with Crippen molar-refractivity contribution in [2.75, 3.05) is 6.61 Å². The minimum Gasteiger partial charge on any atom is -0.377 e.